The Hall–Kier alpha value is -2.84. The number of aromatic nitrogens is 2. The molecule has 30 heavy (non-hydrogen) atoms. The number of aliphatic hydroxyl groups excluding tert-OH is 2. The number of benzene rings is 1. The molecular formula is C22H28N4O4. The minimum Gasteiger partial charge on any atom is -0.390 e. The quantitative estimate of drug-likeness (QED) is 0.629. The zero-order chi connectivity index (χ0) is 21.7. The number of amides is 2. The molecule has 1 fully saturated rings. The van der Waals surface area contributed by atoms with Crippen molar-refractivity contribution >= 4 is 11.8 Å². The average molecular weight is 412 g/mol. The van der Waals surface area contributed by atoms with Crippen molar-refractivity contribution in [3.63, 3.8) is 0 Å². The molecule has 1 saturated carbocycles. The average Bonchev–Trinajstić information content (AvgIpc) is 2.90. The molecule has 8 nitrogen and oxygen atoms in total. The van der Waals surface area contributed by atoms with Crippen LogP contribution in [0.5, 0.6) is 0 Å². The number of nitrogens with zero attached hydrogens (tertiary/aromatic N) is 3. The Balaban J connectivity index is 1.98. The fourth-order valence-electron chi connectivity index (χ4n) is 4.21. The van der Waals surface area contributed by atoms with E-state index in [-0.39, 0.29) is 11.8 Å². The highest BCUT2D eigenvalue weighted by Crippen LogP contribution is 2.40. The third-order valence-electron chi connectivity index (χ3n) is 5.99. The van der Waals surface area contributed by atoms with Crippen molar-refractivity contribution in [1.29, 1.82) is 0 Å². The molecule has 8 heteroatoms. The summed E-state index contributed by atoms with van der Waals surface area (Å²) in [5, 5.41) is 24.4. The van der Waals surface area contributed by atoms with Crippen LogP contribution in [0.15, 0.2) is 49.1 Å². The molecule has 2 amide bonds. The maximum absolute atomic E-state index is 13.0. The first kappa shape index (κ1) is 21.9. The van der Waals surface area contributed by atoms with Crippen LogP contribution in [0.4, 0.5) is 0 Å². The molecule has 1 aromatic carbocycles. The zero-order valence-corrected chi connectivity index (χ0v) is 17.2. The number of aliphatic hydroxyl groups is 2. The highest BCUT2D eigenvalue weighted by atomic mass is 16.3. The maximum Gasteiger partial charge on any atom is 0.257 e. The van der Waals surface area contributed by atoms with E-state index < -0.39 is 23.7 Å². The summed E-state index contributed by atoms with van der Waals surface area (Å²) in [5.41, 5.74) is 0.754. The summed E-state index contributed by atoms with van der Waals surface area (Å²) in [7, 11) is 1.61. The van der Waals surface area contributed by atoms with Crippen molar-refractivity contribution in [3.8, 4) is 0 Å². The highest BCUT2D eigenvalue weighted by Gasteiger charge is 2.45. The van der Waals surface area contributed by atoms with Gasteiger partial charge in [-0.1, -0.05) is 30.3 Å². The molecule has 0 unspecified atom stereocenters. The van der Waals surface area contributed by atoms with Gasteiger partial charge in [0.1, 0.15) is 12.4 Å². The lowest BCUT2D eigenvalue weighted by molar-refractivity contribution is -0.119. The molecule has 1 heterocycles. The Labute approximate surface area is 176 Å². The van der Waals surface area contributed by atoms with Gasteiger partial charge in [-0.15, -0.1) is 0 Å². The lowest BCUT2D eigenvalue weighted by atomic mass is 9.73. The van der Waals surface area contributed by atoms with E-state index in [2.05, 4.69) is 15.3 Å². The van der Waals surface area contributed by atoms with Gasteiger partial charge in [0, 0.05) is 38.3 Å². The van der Waals surface area contributed by atoms with Gasteiger partial charge in [0.15, 0.2) is 0 Å². The molecule has 3 rings (SSSR count). The van der Waals surface area contributed by atoms with Crippen molar-refractivity contribution in [2.24, 2.45) is 0 Å². The van der Waals surface area contributed by atoms with Gasteiger partial charge in [-0.2, -0.15) is 0 Å². The van der Waals surface area contributed by atoms with Crippen LogP contribution in [0.3, 0.4) is 0 Å². The van der Waals surface area contributed by atoms with Gasteiger partial charge >= 0.3 is 0 Å². The number of likely N-dealkylation sites (N-methyl/N-ethyl adjacent to an activating group) is 1. The summed E-state index contributed by atoms with van der Waals surface area (Å²) in [6.45, 7) is 1.81. The summed E-state index contributed by atoms with van der Waals surface area (Å²) in [4.78, 5) is 33.9. The second-order valence-electron chi connectivity index (χ2n) is 7.97. The van der Waals surface area contributed by atoms with Crippen LogP contribution in [0, 0.1) is 0 Å². The molecule has 1 aliphatic rings. The van der Waals surface area contributed by atoms with Crippen LogP contribution in [0.2, 0.25) is 0 Å². The van der Waals surface area contributed by atoms with Crippen molar-refractivity contribution in [2.45, 2.75) is 49.9 Å². The van der Waals surface area contributed by atoms with Gasteiger partial charge in [0.05, 0.1) is 17.7 Å². The topological polar surface area (TPSA) is 116 Å². The SMILES string of the molecule is CC(=O)NC[C@@]1(c2ccccc2)CC[C@H](O)[C@H](O)[C@@H](N(C)C(=O)c2cncnc2)C1. The van der Waals surface area contributed by atoms with E-state index in [1.807, 2.05) is 30.3 Å². The fraction of sp³-hybridized carbons (Fsp3) is 0.455. The number of hydrogen-bond acceptors (Lipinski definition) is 6. The molecule has 1 aromatic heterocycles. The maximum atomic E-state index is 13.0. The number of nitrogens with one attached hydrogen (secondary N) is 1. The number of carbonyl (C=O) groups is 2. The Morgan fingerprint density at radius 3 is 2.50 bits per heavy atom. The molecule has 3 N–H and O–H groups in total. The van der Waals surface area contributed by atoms with Crippen LogP contribution in [0.25, 0.3) is 0 Å². The van der Waals surface area contributed by atoms with E-state index in [9.17, 15) is 19.8 Å². The predicted molar refractivity (Wildman–Crippen MR) is 111 cm³/mol. The first-order valence-corrected chi connectivity index (χ1v) is 10.0. The lowest BCUT2D eigenvalue weighted by Gasteiger charge is -2.39. The molecular weight excluding hydrogens is 384 g/mol. The van der Waals surface area contributed by atoms with E-state index in [4.69, 9.17) is 0 Å². The van der Waals surface area contributed by atoms with Gasteiger partial charge in [-0.05, 0) is 24.8 Å². The van der Waals surface area contributed by atoms with Gasteiger partial charge in [0.2, 0.25) is 5.91 Å². The van der Waals surface area contributed by atoms with Crippen LogP contribution in [-0.4, -0.2) is 68.7 Å². The predicted octanol–water partition coefficient (Wildman–Crippen LogP) is 0.897. The standard InChI is InChI=1S/C22H28N4O4/c1-15(27)25-13-22(17-6-4-3-5-7-17)9-8-19(28)20(29)18(10-22)26(2)21(30)16-11-23-14-24-12-16/h3-7,11-12,14,18-20,28-29H,8-10,13H2,1-2H3,(H,25,27)/t18-,19-,20+,22+/m0/s1. The minimum atomic E-state index is -1.12. The van der Waals surface area contributed by atoms with Crippen LogP contribution in [-0.2, 0) is 10.2 Å². The van der Waals surface area contributed by atoms with Crippen molar-refractivity contribution in [1.82, 2.24) is 20.2 Å². The normalized spacial score (nSPS) is 26.5. The van der Waals surface area contributed by atoms with E-state index in [1.54, 1.807) is 7.05 Å². The third-order valence-corrected chi connectivity index (χ3v) is 5.99. The smallest absolute Gasteiger partial charge is 0.257 e. The molecule has 0 bridgehead atoms. The van der Waals surface area contributed by atoms with E-state index >= 15 is 0 Å². The fourth-order valence-corrected chi connectivity index (χ4v) is 4.21. The van der Waals surface area contributed by atoms with Gasteiger partial charge in [-0.3, -0.25) is 9.59 Å². The molecule has 0 aliphatic heterocycles. The molecule has 2 aromatic rings. The molecule has 4 atom stereocenters. The Morgan fingerprint density at radius 1 is 1.20 bits per heavy atom. The Kier molecular flexibility index (Phi) is 6.79. The summed E-state index contributed by atoms with van der Waals surface area (Å²) in [5.74, 6) is -0.492. The van der Waals surface area contributed by atoms with Gasteiger partial charge in [-0.25, -0.2) is 9.97 Å². The van der Waals surface area contributed by atoms with Crippen LogP contribution >= 0.6 is 0 Å². The zero-order valence-electron chi connectivity index (χ0n) is 17.2. The number of rotatable bonds is 5. The number of carbonyl (C=O) groups excluding carboxylic acids is 2. The molecule has 0 radical (unpaired) electrons. The molecule has 0 saturated heterocycles. The summed E-state index contributed by atoms with van der Waals surface area (Å²) in [6.07, 6.45) is 3.37. The van der Waals surface area contributed by atoms with E-state index in [0.717, 1.165) is 5.56 Å². The monoisotopic (exact) mass is 412 g/mol. The van der Waals surface area contributed by atoms with Crippen molar-refractivity contribution in [3.05, 3.63) is 60.2 Å². The highest BCUT2D eigenvalue weighted by molar-refractivity contribution is 5.93. The Bertz CT molecular complexity index is 864. The van der Waals surface area contributed by atoms with Gasteiger partial charge < -0.3 is 20.4 Å². The van der Waals surface area contributed by atoms with E-state index in [0.29, 0.717) is 31.4 Å². The summed E-state index contributed by atoms with van der Waals surface area (Å²) >= 11 is 0. The molecule has 1 aliphatic carbocycles. The Morgan fingerprint density at radius 2 is 1.87 bits per heavy atom. The van der Waals surface area contributed by atoms with Crippen molar-refractivity contribution in [2.75, 3.05) is 13.6 Å². The second kappa shape index (κ2) is 9.32. The van der Waals surface area contributed by atoms with Crippen LogP contribution < -0.4 is 5.32 Å². The minimum absolute atomic E-state index is 0.155. The molecule has 160 valence electrons. The van der Waals surface area contributed by atoms with Crippen molar-refractivity contribution < 1.29 is 19.8 Å². The second-order valence-corrected chi connectivity index (χ2v) is 7.97. The third kappa shape index (κ3) is 4.66. The number of hydrogen-bond donors (Lipinski definition) is 3. The summed E-state index contributed by atoms with van der Waals surface area (Å²) in [6, 6.07) is 9.07. The lowest BCUT2D eigenvalue weighted by Crippen LogP contribution is -2.51. The van der Waals surface area contributed by atoms with Gasteiger partial charge in [0.25, 0.3) is 5.91 Å². The van der Waals surface area contributed by atoms with Crippen LogP contribution in [0.1, 0.15) is 42.1 Å². The largest absolute Gasteiger partial charge is 0.390 e. The first-order valence-electron chi connectivity index (χ1n) is 10.0. The van der Waals surface area contributed by atoms with E-state index in [1.165, 1.54) is 30.5 Å². The summed E-state index contributed by atoms with van der Waals surface area (Å²) < 4.78 is 0. The first-order chi connectivity index (χ1) is 14.3. The molecule has 0 spiro atoms.